The molecule has 0 aliphatic carbocycles. The van der Waals surface area contributed by atoms with Gasteiger partial charge in [0.25, 0.3) is 5.56 Å². The lowest BCUT2D eigenvalue weighted by Gasteiger charge is -2.16. The summed E-state index contributed by atoms with van der Waals surface area (Å²) in [4.78, 5) is 31.3. The van der Waals surface area contributed by atoms with Crippen molar-refractivity contribution in [1.29, 1.82) is 0 Å². The lowest BCUT2D eigenvalue weighted by molar-refractivity contribution is -0.0859. The lowest BCUT2D eigenvalue weighted by atomic mass is 10.0. The number of aliphatic hydroxyl groups excluding tert-OH is 1. The Morgan fingerprint density at radius 1 is 0.944 bits per heavy atom. The van der Waals surface area contributed by atoms with Gasteiger partial charge in [-0.15, -0.1) is 0 Å². The van der Waals surface area contributed by atoms with Crippen LogP contribution in [0.25, 0.3) is 0 Å². The second-order valence-corrected chi connectivity index (χ2v) is 10.4. The molecule has 2 rings (SSSR count). The average Bonchev–Trinajstić information content (AvgIpc) is 3.22. The van der Waals surface area contributed by atoms with Crippen molar-refractivity contribution < 1.29 is 14.7 Å². The SMILES string of the molecule is CCCCCCCCCCCCCCCCCCNOC[C@H]1O[C@@H](n2cc(C)c(=O)[nH]c2=O)C[C@@H]1O. The Balaban J connectivity index is 1.38. The van der Waals surface area contributed by atoms with Gasteiger partial charge in [0, 0.05) is 24.7 Å². The van der Waals surface area contributed by atoms with E-state index in [4.69, 9.17) is 9.57 Å². The Kier molecular flexibility index (Phi) is 16.0. The molecule has 3 N–H and O–H groups in total. The zero-order chi connectivity index (χ0) is 26.0. The highest BCUT2D eigenvalue weighted by atomic mass is 16.7. The Morgan fingerprint density at radius 2 is 1.47 bits per heavy atom. The Labute approximate surface area is 217 Å². The molecule has 208 valence electrons. The van der Waals surface area contributed by atoms with Gasteiger partial charge < -0.3 is 9.84 Å². The number of aliphatic hydroxyl groups is 1. The minimum absolute atomic E-state index is 0.202. The van der Waals surface area contributed by atoms with E-state index in [9.17, 15) is 14.7 Å². The van der Waals surface area contributed by atoms with Gasteiger partial charge in [0.1, 0.15) is 12.3 Å². The van der Waals surface area contributed by atoms with Crippen molar-refractivity contribution in [3.63, 3.8) is 0 Å². The van der Waals surface area contributed by atoms with Gasteiger partial charge in [-0.1, -0.05) is 103 Å². The lowest BCUT2D eigenvalue weighted by Crippen LogP contribution is -2.34. The molecule has 1 aromatic rings. The van der Waals surface area contributed by atoms with Crippen LogP contribution in [0.1, 0.15) is 128 Å². The van der Waals surface area contributed by atoms with Crippen LogP contribution in [0.5, 0.6) is 0 Å². The number of hydroxylamine groups is 1. The molecule has 0 amide bonds. The fraction of sp³-hybridized carbons (Fsp3) is 0.857. The van der Waals surface area contributed by atoms with Gasteiger partial charge in [0.2, 0.25) is 0 Å². The fourth-order valence-electron chi connectivity index (χ4n) is 4.79. The zero-order valence-electron chi connectivity index (χ0n) is 22.8. The van der Waals surface area contributed by atoms with Gasteiger partial charge in [-0.05, 0) is 13.3 Å². The van der Waals surface area contributed by atoms with Crippen LogP contribution >= 0.6 is 0 Å². The third kappa shape index (κ3) is 12.2. The average molecular weight is 510 g/mol. The number of aromatic nitrogens is 2. The van der Waals surface area contributed by atoms with Crippen molar-refractivity contribution in [3.8, 4) is 0 Å². The quantitative estimate of drug-likeness (QED) is 0.154. The summed E-state index contributed by atoms with van der Waals surface area (Å²) in [5.41, 5.74) is 2.44. The molecule has 1 saturated heterocycles. The second kappa shape index (κ2) is 18.7. The van der Waals surface area contributed by atoms with Gasteiger partial charge in [-0.2, -0.15) is 0 Å². The molecule has 3 atom stereocenters. The van der Waals surface area contributed by atoms with E-state index < -0.39 is 29.7 Å². The summed E-state index contributed by atoms with van der Waals surface area (Å²) in [5.74, 6) is 0. The van der Waals surface area contributed by atoms with Crippen LogP contribution in [0, 0.1) is 6.92 Å². The van der Waals surface area contributed by atoms with Gasteiger partial charge in [0.15, 0.2) is 0 Å². The van der Waals surface area contributed by atoms with Crippen LogP contribution in [-0.4, -0.2) is 40.0 Å². The summed E-state index contributed by atoms with van der Waals surface area (Å²) in [6.07, 6.45) is 21.5. The van der Waals surface area contributed by atoms with Crippen molar-refractivity contribution >= 4 is 0 Å². The molecule has 1 fully saturated rings. The molecular formula is C28H51N3O5. The number of unbranched alkanes of at least 4 members (excludes halogenated alkanes) is 15. The largest absolute Gasteiger partial charge is 0.390 e. The van der Waals surface area contributed by atoms with E-state index in [2.05, 4.69) is 17.4 Å². The topological polar surface area (TPSA) is 106 Å². The van der Waals surface area contributed by atoms with E-state index in [0.717, 1.165) is 13.0 Å². The third-order valence-electron chi connectivity index (χ3n) is 7.14. The standard InChI is InChI=1S/C28H51N3O5/c1-3-4-5-6-7-8-9-10-11-12-13-14-15-16-17-18-19-29-35-22-25-24(32)20-26(36-25)31-21-23(2)27(33)30-28(31)34/h21,24-26,29,32H,3-20,22H2,1-2H3,(H,30,33,34)/t24-,25+,26+/m0/s1. The molecule has 0 unspecified atom stereocenters. The molecule has 1 aliphatic heterocycles. The minimum Gasteiger partial charge on any atom is -0.390 e. The van der Waals surface area contributed by atoms with Crippen molar-refractivity contribution in [2.75, 3.05) is 13.2 Å². The molecule has 1 aliphatic rings. The first-order chi connectivity index (χ1) is 17.5. The molecule has 8 heteroatoms. The van der Waals surface area contributed by atoms with Crippen LogP contribution in [0.4, 0.5) is 0 Å². The summed E-state index contributed by atoms with van der Waals surface area (Å²) in [5, 5.41) is 10.3. The summed E-state index contributed by atoms with van der Waals surface area (Å²) < 4.78 is 7.12. The molecule has 0 bridgehead atoms. The van der Waals surface area contributed by atoms with E-state index >= 15 is 0 Å². The molecule has 2 heterocycles. The minimum atomic E-state index is -0.730. The van der Waals surface area contributed by atoms with Crippen LogP contribution in [0.15, 0.2) is 15.8 Å². The van der Waals surface area contributed by atoms with Gasteiger partial charge >= 0.3 is 5.69 Å². The molecule has 0 radical (unpaired) electrons. The maximum absolute atomic E-state index is 12.0. The molecule has 0 spiro atoms. The molecule has 0 saturated carbocycles. The first kappa shape index (κ1) is 30.7. The first-order valence-corrected chi connectivity index (χ1v) is 14.5. The molecule has 1 aromatic heterocycles. The Morgan fingerprint density at radius 3 is 2.03 bits per heavy atom. The second-order valence-electron chi connectivity index (χ2n) is 10.4. The van der Waals surface area contributed by atoms with E-state index in [0.29, 0.717) is 5.56 Å². The number of rotatable bonds is 21. The van der Waals surface area contributed by atoms with Crippen LogP contribution in [0.2, 0.25) is 0 Å². The maximum Gasteiger partial charge on any atom is 0.330 e. The van der Waals surface area contributed by atoms with Crippen LogP contribution < -0.4 is 16.7 Å². The fourth-order valence-corrected chi connectivity index (χ4v) is 4.79. The Bertz CT molecular complexity index is 809. The van der Waals surface area contributed by atoms with Crippen molar-refractivity contribution in [3.05, 3.63) is 32.6 Å². The predicted molar refractivity (Wildman–Crippen MR) is 144 cm³/mol. The van der Waals surface area contributed by atoms with E-state index in [1.165, 1.54) is 107 Å². The zero-order valence-corrected chi connectivity index (χ0v) is 22.8. The normalized spacial score (nSPS) is 19.8. The van der Waals surface area contributed by atoms with Gasteiger partial charge in [0.05, 0.1) is 12.7 Å². The summed E-state index contributed by atoms with van der Waals surface area (Å²) in [6, 6.07) is 0. The van der Waals surface area contributed by atoms with Crippen LogP contribution in [-0.2, 0) is 9.57 Å². The molecular weight excluding hydrogens is 458 g/mol. The number of H-pyrrole nitrogens is 1. The first-order valence-electron chi connectivity index (χ1n) is 14.5. The number of ether oxygens (including phenoxy) is 1. The number of hydrogen-bond donors (Lipinski definition) is 3. The van der Waals surface area contributed by atoms with Crippen molar-refractivity contribution in [2.45, 2.75) is 141 Å². The summed E-state index contributed by atoms with van der Waals surface area (Å²) in [7, 11) is 0. The predicted octanol–water partition coefficient (Wildman–Crippen LogP) is 5.28. The van der Waals surface area contributed by atoms with Crippen molar-refractivity contribution in [2.24, 2.45) is 0 Å². The Hall–Kier alpha value is -1.48. The highest BCUT2D eigenvalue weighted by Crippen LogP contribution is 2.27. The number of aromatic amines is 1. The molecule has 36 heavy (non-hydrogen) atoms. The van der Waals surface area contributed by atoms with E-state index in [1.807, 2.05) is 0 Å². The smallest absolute Gasteiger partial charge is 0.330 e. The summed E-state index contributed by atoms with van der Waals surface area (Å²) in [6.45, 7) is 4.87. The maximum atomic E-state index is 12.0. The van der Waals surface area contributed by atoms with E-state index in [-0.39, 0.29) is 13.0 Å². The number of nitrogens with one attached hydrogen (secondary N) is 2. The number of nitrogens with zero attached hydrogens (tertiary/aromatic N) is 1. The third-order valence-corrected chi connectivity index (χ3v) is 7.14. The number of aryl methyl sites for hydroxylation is 1. The monoisotopic (exact) mass is 509 g/mol. The molecule has 0 aromatic carbocycles. The summed E-state index contributed by atoms with van der Waals surface area (Å²) >= 11 is 0. The van der Waals surface area contributed by atoms with Gasteiger partial charge in [-0.3, -0.25) is 19.2 Å². The van der Waals surface area contributed by atoms with Crippen LogP contribution in [0.3, 0.4) is 0 Å². The number of hydrogen-bond acceptors (Lipinski definition) is 6. The van der Waals surface area contributed by atoms with Gasteiger partial charge in [-0.25, -0.2) is 10.3 Å². The van der Waals surface area contributed by atoms with Crippen molar-refractivity contribution in [1.82, 2.24) is 15.0 Å². The molecule has 8 nitrogen and oxygen atoms in total. The van der Waals surface area contributed by atoms with E-state index in [1.54, 1.807) is 6.92 Å². The highest BCUT2D eigenvalue weighted by Gasteiger charge is 2.35. The highest BCUT2D eigenvalue weighted by molar-refractivity contribution is 5.02.